The molecule has 3 heterocycles. The number of nitrogens with zero attached hydrogens (tertiary/aromatic N) is 1. The van der Waals surface area contributed by atoms with Crippen molar-refractivity contribution >= 4 is 17.2 Å². The number of aryl methyl sites for hydroxylation is 1. The first kappa shape index (κ1) is 13.3. The third-order valence-corrected chi connectivity index (χ3v) is 4.40. The van der Waals surface area contributed by atoms with Crippen LogP contribution in [0.4, 0.5) is 0 Å². The highest BCUT2D eigenvalue weighted by molar-refractivity contribution is 7.15. The zero-order valence-electron chi connectivity index (χ0n) is 11.3. The molecule has 0 radical (unpaired) electrons. The number of carbonyl (C=O) groups is 1. The van der Waals surface area contributed by atoms with E-state index in [1.165, 1.54) is 11.3 Å². The Balaban J connectivity index is 1.74. The van der Waals surface area contributed by atoms with Gasteiger partial charge in [-0.25, -0.2) is 4.98 Å². The Kier molecular flexibility index (Phi) is 3.84. The van der Waals surface area contributed by atoms with E-state index in [0.29, 0.717) is 11.5 Å². The molecule has 2 aromatic heterocycles. The van der Waals surface area contributed by atoms with E-state index in [1.807, 2.05) is 19.1 Å². The third-order valence-electron chi connectivity index (χ3n) is 3.42. The summed E-state index contributed by atoms with van der Waals surface area (Å²) in [6.45, 7) is 3.83. The van der Waals surface area contributed by atoms with Crippen LogP contribution in [0.2, 0.25) is 0 Å². The van der Waals surface area contributed by atoms with Crippen LogP contribution in [0.25, 0.3) is 10.8 Å². The topological polar surface area (TPSA) is 67.2 Å². The van der Waals surface area contributed by atoms with Crippen LogP contribution >= 0.6 is 11.3 Å². The minimum atomic E-state index is -0.0801. The smallest absolute Gasteiger partial charge is 0.271 e. The van der Waals surface area contributed by atoms with Gasteiger partial charge < -0.3 is 15.1 Å². The van der Waals surface area contributed by atoms with Gasteiger partial charge in [0.2, 0.25) is 0 Å². The first-order chi connectivity index (χ1) is 9.74. The van der Waals surface area contributed by atoms with Crippen LogP contribution in [-0.4, -0.2) is 30.0 Å². The van der Waals surface area contributed by atoms with Crippen molar-refractivity contribution in [1.29, 1.82) is 0 Å². The molecule has 1 amide bonds. The molecular formula is C14H17N3O2S. The Labute approximate surface area is 121 Å². The number of amides is 1. The molecule has 20 heavy (non-hydrogen) atoms. The van der Waals surface area contributed by atoms with Gasteiger partial charge in [-0.3, -0.25) is 4.79 Å². The van der Waals surface area contributed by atoms with Gasteiger partial charge in [0.15, 0.2) is 10.8 Å². The maximum Gasteiger partial charge on any atom is 0.271 e. The van der Waals surface area contributed by atoms with Gasteiger partial charge in [-0.1, -0.05) is 0 Å². The van der Waals surface area contributed by atoms with Gasteiger partial charge >= 0.3 is 0 Å². The number of hydrogen-bond donors (Lipinski definition) is 2. The van der Waals surface area contributed by atoms with Crippen molar-refractivity contribution in [3.63, 3.8) is 0 Å². The van der Waals surface area contributed by atoms with Crippen LogP contribution in [0.1, 0.15) is 28.2 Å². The number of hydrogen-bond acceptors (Lipinski definition) is 5. The van der Waals surface area contributed by atoms with Crippen LogP contribution in [0, 0.1) is 6.92 Å². The van der Waals surface area contributed by atoms with Gasteiger partial charge in [0, 0.05) is 10.9 Å². The van der Waals surface area contributed by atoms with E-state index in [-0.39, 0.29) is 11.9 Å². The summed E-state index contributed by atoms with van der Waals surface area (Å²) in [5.74, 6) is 0.627. The SMILES string of the molecule is Cc1sc(-c2ccco2)nc1C(=O)NC1CCNCC1. The Hall–Kier alpha value is -1.66. The van der Waals surface area contributed by atoms with E-state index in [0.717, 1.165) is 35.8 Å². The number of nitrogens with one attached hydrogen (secondary N) is 2. The summed E-state index contributed by atoms with van der Waals surface area (Å²) >= 11 is 1.48. The van der Waals surface area contributed by atoms with E-state index in [2.05, 4.69) is 15.6 Å². The quantitative estimate of drug-likeness (QED) is 0.909. The van der Waals surface area contributed by atoms with Gasteiger partial charge in [-0.15, -0.1) is 11.3 Å². The zero-order chi connectivity index (χ0) is 13.9. The number of aromatic nitrogens is 1. The van der Waals surface area contributed by atoms with Gasteiger partial charge in [0.25, 0.3) is 5.91 Å². The second-order valence-electron chi connectivity index (χ2n) is 4.90. The standard InChI is InChI=1S/C14H17N3O2S/c1-9-12(13(18)16-10-4-6-15-7-5-10)17-14(20-9)11-3-2-8-19-11/h2-3,8,10,15H,4-7H2,1H3,(H,16,18). The number of rotatable bonds is 3. The number of carbonyl (C=O) groups excluding carboxylic acids is 1. The number of thiazole rings is 1. The zero-order valence-corrected chi connectivity index (χ0v) is 12.1. The highest BCUT2D eigenvalue weighted by atomic mass is 32.1. The van der Waals surface area contributed by atoms with E-state index in [9.17, 15) is 4.79 Å². The van der Waals surface area contributed by atoms with Crippen molar-refractivity contribution in [2.24, 2.45) is 0 Å². The Morgan fingerprint density at radius 2 is 2.30 bits per heavy atom. The molecule has 1 aliphatic rings. The first-order valence-electron chi connectivity index (χ1n) is 6.77. The molecule has 1 aliphatic heterocycles. The van der Waals surface area contributed by atoms with Crippen molar-refractivity contribution in [3.05, 3.63) is 29.0 Å². The number of furan rings is 1. The normalized spacial score (nSPS) is 16.2. The summed E-state index contributed by atoms with van der Waals surface area (Å²) in [4.78, 5) is 17.6. The molecule has 0 aliphatic carbocycles. The molecule has 5 nitrogen and oxygen atoms in total. The van der Waals surface area contributed by atoms with E-state index in [1.54, 1.807) is 6.26 Å². The molecule has 6 heteroatoms. The van der Waals surface area contributed by atoms with Gasteiger partial charge in [0.05, 0.1) is 6.26 Å². The summed E-state index contributed by atoms with van der Waals surface area (Å²) in [6, 6.07) is 3.92. The predicted octanol–water partition coefficient (Wildman–Crippen LogP) is 2.19. The van der Waals surface area contributed by atoms with E-state index in [4.69, 9.17) is 4.42 Å². The lowest BCUT2D eigenvalue weighted by Crippen LogP contribution is -2.42. The molecule has 0 aromatic carbocycles. The van der Waals surface area contributed by atoms with Crippen molar-refractivity contribution in [2.45, 2.75) is 25.8 Å². The van der Waals surface area contributed by atoms with Crippen LogP contribution in [0.5, 0.6) is 0 Å². The maximum atomic E-state index is 12.3. The summed E-state index contributed by atoms with van der Waals surface area (Å²) in [6.07, 6.45) is 3.56. The molecule has 106 valence electrons. The number of piperidine rings is 1. The fraction of sp³-hybridized carbons (Fsp3) is 0.429. The fourth-order valence-electron chi connectivity index (χ4n) is 2.33. The monoisotopic (exact) mass is 291 g/mol. The van der Waals surface area contributed by atoms with Crippen LogP contribution in [0.15, 0.2) is 22.8 Å². The molecule has 1 saturated heterocycles. The molecular weight excluding hydrogens is 274 g/mol. The van der Waals surface area contributed by atoms with E-state index >= 15 is 0 Å². The lowest BCUT2D eigenvalue weighted by molar-refractivity contribution is 0.0924. The molecule has 0 saturated carbocycles. The molecule has 0 spiro atoms. The van der Waals surface area contributed by atoms with E-state index < -0.39 is 0 Å². The van der Waals surface area contributed by atoms with Crippen molar-refractivity contribution < 1.29 is 9.21 Å². The molecule has 0 atom stereocenters. The molecule has 3 rings (SSSR count). The Morgan fingerprint density at radius 3 is 3.00 bits per heavy atom. The Bertz CT molecular complexity index is 586. The maximum absolute atomic E-state index is 12.3. The second-order valence-corrected chi connectivity index (χ2v) is 6.10. The van der Waals surface area contributed by atoms with Crippen molar-refractivity contribution in [1.82, 2.24) is 15.6 Å². The average Bonchev–Trinajstić information content (AvgIpc) is 3.08. The van der Waals surface area contributed by atoms with Crippen LogP contribution in [-0.2, 0) is 0 Å². The molecule has 0 unspecified atom stereocenters. The summed E-state index contributed by atoms with van der Waals surface area (Å²) in [5, 5.41) is 7.11. The fourth-order valence-corrected chi connectivity index (χ4v) is 3.21. The summed E-state index contributed by atoms with van der Waals surface area (Å²) < 4.78 is 5.33. The first-order valence-corrected chi connectivity index (χ1v) is 7.58. The second kappa shape index (κ2) is 5.76. The lowest BCUT2D eigenvalue weighted by atomic mass is 10.1. The molecule has 1 fully saturated rings. The van der Waals surface area contributed by atoms with Gasteiger partial charge in [0.1, 0.15) is 5.69 Å². The highest BCUT2D eigenvalue weighted by Crippen LogP contribution is 2.27. The molecule has 0 bridgehead atoms. The van der Waals surface area contributed by atoms with Crippen molar-refractivity contribution in [3.8, 4) is 10.8 Å². The lowest BCUT2D eigenvalue weighted by Gasteiger charge is -2.23. The molecule has 2 N–H and O–H groups in total. The van der Waals surface area contributed by atoms with Crippen LogP contribution < -0.4 is 10.6 Å². The summed E-state index contributed by atoms with van der Waals surface area (Å²) in [5.41, 5.74) is 0.514. The Morgan fingerprint density at radius 1 is 1.50 bits per heavy atom. The largest absolute Gasteiger partial charge is 0.462 e. The average molecular weight is 291 g/mol. The predicted molar refractivity (Wildman–Crippen MR) is 77.9 cm³/mol. The third kappa shape index (κ3) is 2.76. The van der Waals surface area contributed by atoms with Gasteiger partial charge in [-0.05, 0) is 45.0 Å². The van der Waals surface area contributed by atoms with Crippen molar-refractivity contribution in [2.75, 3.05) is 13.1 Å². The minimum absolute atomic E-state index is 0.0801. The van der Waals surface area contributed by atoms with Gasteiger partial charge in [-0.2, -0.15) is 0 Å². The highest BCUT2D eigenvalue weighted by Gasteiger charge is 2.21. The van der Waals surface area contributed by atoms with Crippen LogP contribution in [0.3, 0.4) is 0 Å². The molecule has 2 aromatic rings. The minimum Gasteiger partial charge on any atom is -0.462 e. The summed E-state index contributed by atoms with van der Waals surface area (Å²) in [7, 11) is 0.